The smallest absolute Gasteiger partial charge is 0.260 e. The van der Waals surface area contributed by atoms with Crippen molar-refractivity contribution < 1.29 is 4.74 Å². The third-order valence-electron chi connectivity index (χ3n) is 2.76. The summed E-state index contributed by atoms with van der Waals surface area (Å²) >= 11 is 0. The summed E-state index contributed by atoms with van der Waals surface area (Å²) in [6.45, 7) is 5.11. The van der Waals surface area contributed by atoms with E-state index in [9.17, 15) is 0 Å². The van der Waals surface area contributed by atoms with E-state index in [1.54, 1.807) is 6.20 Å². The number of hydrogen-bond acceptors (Lipinski definition) is 4. The van der Waals surface area contributed by atoms with E-state index in [2.05, 4.69) is 29.1 Å². The second-order valence-electron chi connectivity index (χ2n) is 4.72. The molecule has 2 heterocycles. The minimum atomic E-state index is 0.593. The second-order valence-corrected chi connectivity index (χ2v) is 4.72. The highest BCUT2D eigenvalue weighted by Gasteiger charge is 2.08. The molecule has 0 aliphatic heterocycles. The third-order valence-corrected chi connectivity index (χ3v) is 2.76. The number of imidazole rings is 1. The Hall–Kier alpha value is -1.78. The molecular formula is C13H20N4O. The van der Waals surface area contributed by atoms with Crippen LogP contribution in [-0.2, 0) is 0 Å². The number of nitrogens with zero attached hydrogens (tertiary/aromatic N) is 3. The van der Waals surface area contributed by atoms with Crippen LogP contribution in [0.25, 0.3) is 5.65 Å². The lowest BCUT2D eigenvalue weighted by Crippen LogP contribution is -2.05. The molecule has 2 rings (SSSR count). The minimum absolute atomic E-state index is 0.593. The molecule has 0 saturated carbocycles. The first-order valence-electron chi connectivity index (χ1n) is 6.35. The van der Waals surface area contributed by atoms with E-state index < -0.39 is 0 Å². The highest BCUT2D eigenvalue weighted by Crippen LogP contribution is 2.18. The zero-order valence-corrected chi connectivity index (χ0v) is 11.2. The summed E-state index contributed by atoms with van der Waals surface area (Å²) in [5, 5.41) is 3.02. The quantitative estimate of drug-likeness (QED) is 0.798. The SMILES string of the molecule is CNc1cn2ccnc2c(OCCCC(C)C)n1. The molecule has 0 unspecified atom stereocenters. The van der Waals surface area contributed by atoms with Gasteiger partial charge in [-0.05, 0) is 18.8 Å². The summed E-state index contributed by atoms with van der Waals surface area (Å²) in [6, 6.07) is 0. The largest absolute Gasteiger partial charge is 0.475 e. The molecule has 2 aromatic heterocycles. The molecule has 0 aliphatic rings. The van der Waals surface area contributed by atoms with E-state index in [0.29, 0.717) is 18.4 Å². The van der Waals surface area contributed by atoms with E-state index >= 15 is 0 Å². The number of hydrogen-bond donors (Lipinski definition) is 1. The Morgan fingerprint density at radius 1 is 1.44 bits per heavy atom. The van der Waals surface area contributed by atoms with Crippen LogP contribution in [-0.4, -0.2) is 28.0 Å². The van der Waals surface area contributed by atoms with Gasteiger partial charge in [0.25, 0.3) is 5.88 Å². The highest BCUT2D eigenvalue weighted by atomic mass is 16.5. The fourth-order valence-electron chi connectivity index (χ4n) is 1.78. The molecule has 18 heavy (non-hydrogen) atoms. The van der Waals surface area contributed by atoms with Gasteiger partial charge in [-0.1, -0.05) is 13.8 Å². The third kappa shape index (κ3) is 2.91. The molecule has 0 bridgehead atoms. The lowest BCUT2D eigenvalue weighted by atomic mass is 10.1. The van der Waals surface area contributed by atoms with Crippen LogP contribution in [0.4, 0.5) is 5.82 Å². The lowest BCUT2D eigenvalue weighted by Gasteiger charge is -2.09. The molecular weight excluding hydrogens is 228 g/mol. The van der Waals surface area contributed by atoms with Crippen LogP contribution >= 0.6 is 0 Å². The van der Waals surface area contributed by atoms with Crippen molar-refractivity contribution in [1.82, 2.24) is 14.4 Å². The van der Waals surface area contributed by atoms with Crippen LogP contribution in [0.1, 0.15) is 26.7 Å². The zero-order chi connectivity index (χ0) is 13.0. The first kappa shape index (κ1) is 12.7. The molecule has 5 heteroatoms. The summed E-state index contributed by atoms with van der Waals surface area (Å²) in [5.74, 6) is 2.08. The predicted octanol–water partition coefficient (Wildman–Crippen LogP) is 2.59. The monoisotopic (exact) mass is 248 g/mol. The summed E-state index contributed by atoms with van der Waals surface area (Å²) in [6.07, 6.45) is 7.73. The Morgan fingerprint density at radius 3 is 3.00 bits per heavy atom. The average molecular weight is 248 g/mol. The van der Waals surface area contributed by atoms with Gasteiger partial charge in [-0.2, -0.15) is 4.98 Å². The summed E-state index contributed by atoms with van der Waals surface area (Å²) in [4.78, 5) is 8.65. The normalized spacial score (nSPS) is 11.1. The van der Waals surface area contributed by atoms with Crippen molar-refractivity contribution in [3.63, 3.8) is 0 Å². The van der Waals surface area contributed by atoms with E-state index in [-0.39, 0.29) is 0 Å². The van der Waals surface area contributed by atoms with Gasteiger partial charge < -0.3 is 10.1 Å². The molecule has 0 amide bonds. The van der Waals surface area contributed by atoms with Crippen LogP contribution in [0, 0.1) is 5.92 Å². The maximum Gasteiger partial charge on any atom is 0.260 e. The summed E-state index contributed by atoms with van der Waals surface area (Å²) in [7, 11) is 1.84. The molecule has 5 nitrogen and oxygen atoms in total. The number of anilines is 1. The Labute approximate surface area is 107 Å². The van der Waals surface area contributed by atoms with Crippen LogP contribution in [0.3, 0.4) is 0 Å². The van der Waals surface area contributed by atoms with Gasteiger partial charge in [0, 0.05) is 19.4 Å². The summed E-state index contributed by atoms with van der Waals surface area (Å²) < 4.78 is 7.65. The Morgan fingerprint density at radius 2 is 2.28 bits per heavy atom. The Bertz CT molecular complexity index is 507. The number of nitrogens with one attached hydrogen (secondary N) is 1. The lowest BCUT2D eigenvalue weighted by molar-refractivity contribution is 0.289. The van der Waals surface area contributed by atoms with Crippen molar-refractivity contribution in [2.24, 2.45) is 5.92 Å². The maximum atomic E-state index is 5.74. The molecule has 0 aromatic carbocycles. The van der Waals surface area contributed by atoms with Crippen molar-refractivity contribution in [3.05, 3.63) is 18.6 Å². The maximum absolute atomic E-state index is 5.74. The molecule has 0 saturated heterocycles. The van der Waals surface area contributed by atoms with Gasteiger partial charge in [0.2, 0.25) is 5.65 Å². The average Bonchev–Trinajstić information content (AvgIpc) is 2.82. The van der Waals surface area contributed by atoms with Crippen molar-refractivity contribution in [3.8, 4) is 5.88 Å². The summed E-state index contributed by atoms with van der Waals surface area (Å²) in [5.41, 5.74) is 0.763. The number of ether oxygens (including phenoxy) is 1. The Balaban J connectivity index is 2.08. The van der Waals surface area contributed by atoms with Crippen LogP contribution in [0.15, 0.2) is 18.6 Å². The zero-order valence-electron chi connectivity index (χ0n) is 11.2. The van der Waals surface area contributed by atoms with Gasteiger partial charge >= 0.3 is 0 Å². The Kier molecular flexibility index (Phi) is 4.02. The minimum Gasteiger partial charge on any atom is -0.475 e. The fourth-order valence-corrected chi connectivity index (χ4v) is 1.78. The van der Waals surface area contributed by atoms with Crippen LogP contribution < -0.4 is 10.1 Å². The number of rotatable bonds is 6. The number of fused-ring (bicyclic) bond motifs is 1. The van der Waals surface area contributed by atoms with Crippen molar-refractivity contribution >= 4 is 11.5 Å². The second kappa shape index (κ2) is 5.71. The standard InChI is InChI=1S/C13H20N4O/c1-10(2)5-4-8-18-13-12-15-6-7-17(12)9-11(14-3)16-13/h6-7,9-10,14H,4-5,8H2,1-3H3. The van der Waals surface area contributed by atoms with E-state index in [1.165, 1.54) is 0 Å². The molecule has 0 fully saturated rings. The molecule has 2 aromatic rings. The first-order chi connectivity index (χ1) is 8.70. The molecule has 0 atom stereocenters. The predicted molar refractivity (Wildman–Crippen MR) is 72.1 cm³/mol. The first-order valence-corrected chi connectivity index (χ1v) is 6.35. The molecule has 0 spiro atoms. The van der Waals surface area contributed by atoms with Crippen molar-refractivity contribution in [1.29, 1.82) is 0 Å². The van der Waals surface area contributed by atoms with Gasteiger partial charge in [-0.25, -0.2) is 4.98 Å². The highest BCUT2D eigenvalue weighted by molar-refractivity contribution is 5.53. The topological polar surface area (TPSA) is 51.5 Å². The number of aromatic nitrogens is 3. The van der Waals surface area contributed by atoms with Gasteiger partial charge in [0.15, 0.2) is 0 Å². The van der Waals surface area contributed by atoms with E-state index in [0.717, 1.165) is 24.3 Å². The van der Waals surface area contributed by atoms with Gasteiger partial charge in [0.1, 0.15) is 5.82 Å². The molecule has 0 aliphatic carbocycles. The fraction of sp³-hybridized carbons (Fsp3) is 0.538. The van der Waals surface area contributed by atoms with Crippen molar-refractivity contribution in [2.75, 3.05) is 19.0 Å². The van der Waals surface area contributed by atoms with Crippen molar-refractivity contribution in [2.45, 2.75) is 26.7 Å². The van der Waals surface area contributed by atoms with Gasteiger partial charge in [-0.3, -0.25) is 4.40 Å². The van der Waals surface area contributed by atoms with Gasteiger partial charge in [-0.15, -0.1) is 0 Å². The molecule has 1 N–H and O–H groups in total. The molecule has 98 valence electrons. The van der Waals surface area contributed by atoms with E-state index in [1.807, 2.05) is 23.8 Å². The van der Waals surface area contributed by atoms with Crippen LogP contribution in [0.5, 0.6) is 5.88 Å². The van der Waals surface area contributed by atoms with Gasteiger partial charge in [0.05, 0.1) is 12.8 Å². The van der Waals surface area contributed by atoms with Crippen LogP contribution in [0.2, 0.25) is 0 Å². The molecule has 0 radical (unpaired) electrons. The van der Waals surface area contributed by atoms with E-state index in [4.69, 9.17) is 4.74 Å².